The minimum absolute atomic E-state index is 0.0270. The summed E-state index contributed by atoms with van der Waals surface area (Å²) in [7, 11) is -3.73. The fourth-order valence-corrected chi connectivity index (χ4v) is 4.54. The second-order valence-corrected chi connectivity index (χ2v) is 8.51. The number of thiophene rings is 1. The molecule has 1 aliphatic heterocycles. The molecule has 1 aliphatic rings. The van der Waals surface area contributed by atoms with Crippen LogP contribution in [0.25, 0.3) is 0 Å². The van der Waals surface area contributed by atoms with E-state index in [1.165, 1.54) is 19.1 Å². The normalized spacial score (nSPS) is 16.5. The topological polar surface area (TPSA) is 157 Å². The molecule has 2 heterocycles. The molecular weight excluding hydrogens is 420 g/mol. The number of hydrogen-bond donors (Lipinski definition) is 3. The standard InChI is InChI=1S/C17H16N4O6S2/c1-9(19-15-10-4-2-3-5-12(10)29(25,26)21-15)17(24)27-8-13(22)20-16-11(14(18)23)6-7-28-16/h2-7,9H,8H2,1H3,(H2,18,23)(H,19,21)(H,20,22). The molecule has 1 unspecified atom stereocenters. The Hall–Kier alpha value is -3.25. The Morgan fingerprint density at radius 3 is 2.72 bits per heavy atom. The summed E-state index contributed by atoms with van der Waals surface area (Å²) in [5.41, 5.74) is 5.70. The largest absolute Gasteiger partial charge is 0.454 e. The number of amides is 2. The molecule has 1 aromatic carbocycles. The average Bonchev–Trinajstić information content (AvgIpc) is 3.22. The third-order valence-corrected chi connectivity index (χ3v) is 6.08. The number of ether oxygens (including phenoxy) is 1. The van der Waals surface area contributed by atoms with Crippen LogP contribution in [0.5, 0.6) is 0 Å². The Kier molecular flexibility index (Phi) is 5.66. The summed E-state index contributed by atoms with van der Waals surface area (Å²) in [6.07, 6.45) is 0. The summed E-state index contributed by atoms with van der Waals surface area (Å²) >= 11 is 1.10. The molecular formula is C17H16N4O6S2. The fraction of sp³-hybridized carbons (Fsp3) is 0.176. The van der Waals surface area contributed by atoms with E-state index in [9.17, 15) is 22.8 Å². The second kappa shape index (κ2) is 8.01. The first-order valence-electron chi connectivity index (χ1n) is 8.23. The minimum atomic E-state index is -3.73. The van der Waals surface area contributed by atoms with Gasteiger partial charge in [0.25, 0.3) is 21.8 Å². The lowest BCUT2D eigenvalue weighted by Crippen LogP contribution is -2.29. The quantitative estimate of drug-likeness (QED) is 0.558. The molecule has 3 rings (SSSR count). The highest BCUT2D eigenvalue weighted by Gasteiger charge is 2.31. The van der Waals surface area contributed by atoms with Gasteiger partial charge in [0.15, 0.2) is 6.61 Å². The number of carbonyl (C=O) groups is 3. The van der Waals surface area contributed by atoms with E-state index in [2.05, 4.69) is 15.0 Å². The maximum Gasteiger partial charge on any atom is 0.331 e. The van der Waals surface area contributed by atoms with Crippen molar-refractivity contribution in [1.29, 1.82) is 0 Å². The summed E-state index contributed by atoms with van der Waals surface area (Å²) in [6, 6.07) is 6.62. The lowest BCUT2D eigenvalue weighted by molar-refractivity contribution is -0.148. The molecule has 29 heavy (non-hydrogen) atoms. The van der Waals surface area contributed by atoms with Gasteiger partial charge in [0.1, 0.15) is 16.9 Å². The van der Waals surface area contributed by atoms with Crippen LogP contribution in [0.1, 0.15) is 22.8 Å². The van der Waals surface area contributed by atoms with Crippen molar-refractivity contribution in [2.24, 2.45) is 10.7 Å². The Labute approximate surface area is 169 Å². The van der Waals surface area contributed by atoms with E-state index < -0.39 is 40.5 Å². The molecule has 4 N–H and O–H groups in total. The van der Waals surface area contributed by atoms with Gasteiger partial charge in [-0.15, -0.1) is 11.3 Å². The smallest absolute Gasteiger partial charge is 0.331 e. The Morgan fingerprint density at radius 2 is 2.00 bits per heavy atom. The molecule has 0 bridgehead atoms. The van der Waals surface area contributed by atoms with Crippen molar-refractivity contribution in [2.75, 3.05) is 11.9 Å². The minimum Gasteiger partial charge on any atom is -0.454 e. The van der Waals surface area contributed by atoms with Gasteiger partial charge >= 0.3 is 5.97 Å². The highest BCUT2D eigenvalue weighted by Crippen LogP contribution is 2.23. The number of fused-ring (bicyclic) bond motifs is 1. The van der Waals surface area contributed by atoms with Gasteiger partial charge in [-0.3, -0.25) is 19.3 Å². The number of rotatable bonds is 6. The Bertz CT molecular complexity index is 1120. The van der Waals surface area contributed by atoms with E-state index in [0.717, 1.165) is 11.3 Å². The molecule has 2 aromatic rings. The zero-order valence-corrected chi connectivity index (χ0v) is 16.7. The lowest BCUT2D eigenvalue weighted by atomic mass is 10.2. The number of sulfonamides is 1. The Balaban J connectivity index is 1.62. The zero-order valence-electron chi connectivity index (χ0n) is 15.0. The molecule has 0 saturated heterocycles. The molecule has 0 radical (unpaired) electrons. The van der Waals surface area contributed by atoms with Crippen molar-refractivity contribution >= 4 is 50.0 Å². The van der Waals surface area contributed by atoms with Crippen LogP contribution in [0, 0.1) is 0 Å². The van der Waals surface area contributed by atoms with Crippen LogP contribution in [0.2, 0.25) is 0 Å². The van der Waals surface area contributed by atoms with Crippen LogP contribution in [0.4, 0.5) is 5.00 Å². The number of benzene rings is 1. The molecule has 1 aromatic heterocycles. The Morgan fingerprint density at radius 1 is 1.28 bits per heavy atom. The molecule has 0 fully saturated rings. The maximum absolute atomic E-state index is 12.1. The average molecular weight is 436 g/mol. The predicted molar refractivity (Wildman–Crippen MR) is 105 cm³/mol. The van der Waals surface area contributed by atoms with Crippen LogP contribution in [-0.2, 0) is 24.3 Å². The van der Waals surface area contributed by atoms with E-state index in [0.29, 0.717) is 5.56 Å². The SMILES string of the molecule is CC(N=C1NS(=O)(=O)c2ccccc21)C(=O)OCC(=O)Nc1sccc1C(N)=O. The van der Waals surface area contributed by atoms with Crippen LogP contribution in [0.3, 0.4) is 0 Å². The van der Waals surface area contributed by atoms with Gasteiger partial charge in [-0.2, -0.15) is 0 Å². The van der Waals surface area contributed by atoms with Crippen molar-refractivity contribution in [2.45, 2.75) is 17.9 Å². The molecule has 0 aliphatic carbocycles. The van der Waals surface area contributed by atoms with Crippen molar-refractivity contribution in [3.63, 3.8) is 0 Å². The molecule has 12 heteroatoms. The van der Waals surface area contributed by atoms with E-state index in [-0.39, 0.29) is 21.3 Å². The molecule has 10 nitrogen and oxygen atoms in total. The lowest BCUT2D eigenvalue weighted by Gasteiger charge is -2.09. The van der Waals surface area contributed by atoms with E-state index in [1.54, 1.807) is 23.6 Å². The maximum atomic E-state index is 12.1. The number of nitrogens with one attached hydrogen (secondary N) is 2. The van der Waals surface area contributed by atoms with Gasteiger partial charge in [-0.05, 0) is 30.5 Å². The summed E-state index contributed by atoms with van der Waals surface area (Å²) < 4.78 is 31.3. The first-order valence-corrected chi connectivity index (χ1v) is 10.6. The summed E-state index contributed by atoms with van der Waals surface area (Å²) in [6.45, 7) is 0.805. The summed E-state index contributed by atoms with van der Waals surface area (Å²) in [5, 5.41) is 4.27. The molecule has 0 saturated carbocycles. The van der Waals surface area contributed by atoms with Gasteiger partial charge < -0.3 is 15.8 Å². The highest BCUT2D eigenvalue weighted by molar-refractivity contribution is 7.90. The van der Waals surface area contributed by atoms with Crippen molar-refractivity contribution in [3.05, 3.63) is 46.8 Å². The highest BCUT2D eigenvalue weighted by atomic mass is 32.2. The van der Waals surface area contributed by atoms with Crippen molar-refractivity contribution < 1.29 is 27.5 Å². The van der Waals surface area contributed by atoms with Gasteiger partial charge in [-0.1, -0.05) is 12.1 Å². The predicted octanol–water partition coefficient (Wildman–Crippen LogP) is 0.456. The molecule has 152 valence electrons. The van der Waals surface area contributed by atoms with Crippen molar-refractivity contribution in [1.82, 2.24) is 4.72 Å². The number of nitrogens with zero attached hydrogens (tertiary/aromatic N) is 1. The van der Waals surface area contributed by atoms with Crippen LogP contribution >= 0.6 is 11.3 Å². The van der Waals surface area contributed by atoms with Crippen LogP contribution in [0.15, 0.2) is 45.6 Å². The number of anilines is 1. The van der Waals surface area contributed by atoms with Gasteiger partial charge in [0.2, 0.25) is 0 Å². The fourth-order valence-electron chi connectivity index (χ4n) is 2.50. The third kappa shape index (κ3) is 4.43. The number of primary amides is 1. The first kappa shape index (κ1) is 20.5. The summed E-state index contributed by atoms with van der Waals surface area (Å²) in [5.74, 6) is -2.14. The first-order chi connectivity index (χ1) is 13.7. The van der Waals surface area contributed by atoms with Crippen LogP contribution < -0.4 is 15.8 Å². The van der Waals surface area contributed by atoms with Gasteiger partial charge in [0.05, 0.1) is 10.5 Å². The van der Waals surface area contributed by atoms with E-state index >= 15 is 0 Å². The van der Waals surface area contributed by atoms with Crippen molar-refractivity contribution in [3.8, 4) is 0 Å². The zero-order chi connectivity index (χ0) is 21.2. The van der Waals surface area contributed by atoms with E-state index in [1.807, 2.05) is 0 Å². The van der Waals surface area contributed by atoms with Crippen LogP contribution in [-0.4, -0.2) is 44.7 Å². The number of amidine groups is 1. The second-order valence-electron chi connectivity index (χ2n) is 5.94. The van der Waals surface area contributed by atoms with E-state index in [4.69, 9.17) is 10.5 Å². The summed E-state index contributed by atoms with van der Waals surface area (Å²) in [4.78, 5) is 39.5. The van der Waals surface area contributed by atoms with Gasteiger partial charge in [-0.25, -0.2) is 13.2 Å². The molecule has 1 atom stereocenters. The number of esters is 1. The number of carbonyl (C=O) groups excluding carboxylic acids is 3. The third-order valence-electron chi connectivity index (χ3n) is 3.86. The molecule has 2 amide bonds. The monoisotopic (exact) mass is 436 g/mol. The molecule has 0 spiro atoms. The number of hydrogen-bond acceptors (Lipinski definition) is 8. The number of aliphatic imine (C=N–C) groups is 1. The van der Waals surface area contributed by atoms with Gasteiger partial charge in [0, 0.05) is 5.56 Å². The number of nitrogens with two attached hydrogens (primary N) is 1.